The van der Waals surface area contributed by atoms with E-state index < -0.39 is 31.3 Å². The van der Waals surface area contributed by atoms with Crippen molar-refractivity contribution in [2.45, 2.75) is 4.90 Å². The summed E-state index contributed by atoms with van der Waals surface area (Å²) < 4.78 is 35.1. The third-order valence-electron chi connectivity index (χ3n) is 4.20. The Bertz CT molecular complexity index is 1320. The number of nitrogens with one attached hydrogen (secondary N) is 1. The molecule has 0 radical (unpaired) electrons. The van der Waals surface area contributed by atoms with Crippen LogP contribution in [0, 0.1) is 20.2 Å². The van der Waals surface area contributed by atoms with E-state index in [1.807, 2.05) is 0 Å². The Morgan fingerprint density at radius 1 is 0.939 bits per heavy atom. The minimum Gasteiger partial charge on any atom is -0.497 e. The Balaban J connectivity index is 1.75. The summed E-state index contributed by atoms with van der Waals surface area (Å²) in [5, 5.41) is 25.9. The first-order valence-corrected chi connectivity index (χ1v) is 10.5. The fraction of sp³-hybridized carbons (Fsp3) is 0.0500. The molecule has 0 atom stereocenters. The molecular formula is C20H16N4O8S. The number of nitro groups is 2. The Kier molecular flexibility index (Phi) is 6.83. The Hall–Kier alpha value is -4.52. The van der Waals surface area contributed by atoms with Gasteiger partial charge in [-0.05, 0) is 48.0 Å². The van der Waals surface area contributed by atoms with Crippen molar-refractivity contribution in [1.29, 1.82) is 0 Å². The molecular weight excluding hydrogens is 456 g/mol. The van der Waals surface area contributed by atoms with Crippen molar-refractivity contribution in [2.75, 3.05) is 12.5 Å². The van der Waals surface area contributed by atoms with Crippen LogP contribution in [0.3, 0.4) is 0 Å². The molecule has 0 bridgehead atoms. The molecule has 0 aliphatic carbocycles. The maximum atomic E-state index is 12.5. The minimum absolute atomic E-state index is 0.0242. The maximum absolute atomic E-state index is 12.5. The van der Waals surface area contributed by atoms with E-state index in [4.69, 9.17) is 8.92 Å². The largest absolute Gasteiger partial charge is 0.497 e. The Labute approximate surface area is 187 Å². The first kappa shape index (κ1) is 23.1. The number of nitrogens with zero attached hydrogens (tertiary/aromatic N) is 3. The second-order valence-corrected chi connectivity index (χ2v) is 7.92. The summed E-state index contributed by atoms with van der Waals surface area (Å²) in [4.78, 5) is 20.4. The van der Waals surface area contributed by atoms with Gasteiger partial charge in [0.05, 0.1) is 29.2 Å². The molecule has 0 unspecified atom stereocenters. The molecule has 3 rings (SSSR count). The van der Waals surface area contributed by atoms with E-state index in [9.17, 15) is 28.6 Å². The molecule has 3 aromatic rings. The van der Waals surface area contributed by atoms with Crippen LogP contribution >= 0.6 is 0 Å². The molecule has 0 amide bonds. The van der Waals surface area contributed by atoms with Gasteiger partial charge in [0.2, 0.25) is 0 Å². The van der Waals surface area contributed by atoms with Gasteiger partial charge in [-0.3, -0.25) is 25.7 Å². The molecule has 170 valence electrons. The van der Waals surface area contributed by atoms with Gasteiger partial charge in [-0.25, -0.2) is 0 Å². The zero-order valence-electron chi connectivity index (χ0n) is 16.9. The van der Waals surface area contributed by atoms with E-state index in [0.29, 0.717) is 11.3 Å². The van der Waals surface area contributed by atoms with Crippen LogP contribution in [0.25, 0.3) is 0 Å². The number of benzene rings is 3. The van der Waals surface area contributed by atoms with Gasteiger partial charge in [-0.1, -0.05) is 12.1 Å². The number of non-ortho nitro benzene ring substituents is 1. The molecule has 0 spiro atoms. The number of hydrogen-bond acceptors (Lipinski definition) is 10. The average molecular weight is 472 g/mol. The number of methoxy groups -OCH3 is 1. The van der Waals surface area contributed by atoms with Crippen LogP contribution < -0.4 is 14.3 Å². The molecule has 0 fully saturated rings. The fourth-order valence-corrected chi connectivity index (χ4v) is 3.54. The highest BCUT2D eigenvalue weighted by Gasteiger charge is 2.19. The van der Waals surface area contributed by atoms with Crippen LogP contribution in [0.5, 0.6) is 11.5 Å². The molecule has 13 heteroatoms. The molecule has 33 heavy (non-hydrogen) atoms. The van der Waals surface area contributed by atoms with E-state index in [0.717, 1.165) is 18.2 Å². The molecule has 0 aliphatic heterocycles. The standard InChI is InChI=1S/C20H16N4O8S/c1-31-16-6-8-18(9-7-16)33(29,30)32-17-4-2-3-14(11-17)13-21-22-19-10-5-15(23(25)26)12-20(19)24(27)28/h2-13,22H,1H3/b21-13-. The van der Waals surface area contributed by atoms with Crippen molar-refractivity contribution < 1.29 is 27.2 Å². The third kappa shape index (κ3) is 5.80. The van der Waals surface area contributed by atoms with Gasteiger partial charge in [0.1, 0.15) is 22.1 Å². The number of rotatable bonds is 9. The Morgan fingerprint density at radius 2 is 1.67 bits per heavy atom. The lowest BCUT2D eigenvalue weighted by Gasteiger charge is -2.08. The number of nitro benzene ring substituents is 2. The highest BCUT2D eigenvalue weighted by molar-refractivity contribution is 7.87. The van der Waals surface area contributed by atoms with Crippen LogP contribution in [0.2, 0.25) is 0 Å². The summed E-state index contributed by atoms with van der Waals surface area (Å²) in [6.07, 6.45) is 1.28. The highest BCUT2D eigenvalue weighted by atomic mass is 32.2. The molecule has 0 heterocycles. The van der Waals surface area contributed by atoms with Gasteiger partial charge in [0, 0.05) is 6.07 Å². The lowest BCUT2D eigenvalue weighted by Crippen LogP contribution is -2.09. The number of hydrazone groups is 1. The van der Waals surface area contributed by atoms with Crippen molar-refractivity contribution >= 4 is 33.4 Å². The van der Waals surface area contributed by atoms with Crippen molar-refractivity contribution in [3.63, 3.8) is 0 Å². The van der Waals surface area contributed by atoms with Gasteiger partial charge < -0.3 is 8.92 Å². The highest BCUT2D eigenvalue weighted by Crippen LogP contribution is 2.29. The van der Waals surface area contributed by atoms with E-state index in [2.05, 4.69) is 10.5 Å². The van der Waals surface area contributed by atoms with Gasteiger partial charge in [-0.2, -0.15) is 13.5 Å². The normalized spacial score (nSPS) is 11.2. The summed E-state index contributed by atoms with van der Waals surface area (Å²) in [5.74, 6) is 0.518. The van der Waals surface area contributed by atoms with E-state index >= 15 is 0 Å². The molecule has 0 aromatic heterocycles. The summed E-state index contributed by atoms with van der Waals surface area (Å²) in [6, 6.07) is 14.7. The van der Waals surface area contributed by atoms with Gasteiger partial charge in [-0.15, -0.1) is 0 Å². The predicted molar refractivity (Wildman–Crippen MR) is 118 cm³/mol. The first-order valence-electron chi connectivity index (χ1n) is 9.10. The molecule has 0 saturated heterocycles. The SMILES string of the molecule is COc1ccc(S(=O)(=O)Oc2cccc(/C=N\Nc3ccc([N+](=O)[O-])cc3[N+](=O)[O-])c2)cc1. The number of anilines is 1. The number of hydrogen-bond donors (Lipinski definition) is 1. The van der Waals surface area contributed by atoms with Crippen molar-refractivity contribution in [3.05, 3.63) is 92.5 Å². The van der Waals surface area contributed by atoms with Gasteiger partial charge >= 0.3 is 15.8 Å². The van der Waals surface area contributed by atoms with Crippen LogP contribution in [0.4, 0.5) is 17.1 Å². The van der Waals surface area contributed by atoms with Gasteiger partial charge in [0.15, 0.2) is 0 Å². The first-order chi connectivity index (χ1) is 15.7. The van der Waals surface area contributed by atoms with Crippen LogP contribution in [0.15, 0.2) is 76.7 Å². The quantitative estimate of drug-likeness (QED) is 0.211. The lowest BCUT2D eigenvalue weighted by molar-refractivity contribution is -0.393. The second-order valence-electron chi connectivity index (χ2n) is 6.37. The fourth-order valence-electron chi connectivity index (χ4n) is 2.62. The smallest absolute Gasteiger partial charge is 0.339 e. The summed E-state index contributed by atoms with van der Waals surface area (Å²) in [5.41, 5.74) is 1.86. The molecule has 3 aromatic carbocycles. The van der Waals surface area contributed by atoms with E-state index in [1.165, 1.54) is 55.8 Å². The van der Waals surface area contributed by atoms with Crippen LogP contribution in [-0.4, -0.2) is 31.6 Å². The maximum Gasteiger partial charge on any atom is 0.339 e. The average Bonchev–Trinajstić information content (AvgIpc) is 2.79. The third-order valence-corrected chi connectivity index (χ3v) is 5.46. The van der Waals surface area contributed by atoms with Crippen molar-refractivity contribution in [2.24, 2.45) is 5.10 Å². The number of ether oxygens (including phenoxy) is 1. The summed E-state index contributed by atoms with van der Waals surface area (Å²) in [7, 11) is -2.63. The van der Waals surface area contributed by atoms with Crippen molar-refractivity contribution in [3.8, 4) is 11.5 Å². The van der Waals surface area contributed by atoms with Crippen molar-refractivity contribution in [1.82, 2.24) is 0 Å². The van der Waals surface area contributed by atoms with Crippen LogP contribution in [0.1, 0.15) is 5.56 Å². The van der Waals surface area contributed by atoms with Crippen LogP contribution in [-0.2, 0) is 10.1 Å². The van der Waals surface area contributed by atoms with Gasteiger partial charge in [0.25, 0.3) is 5.69 Å². The molecule has 1 N–H and O–H groups in total. The van der Waals surface area contributed by atoms with E-state index in [1.54, 1.807) is 6.07 Å². The zero-order valence-corrected chi connectivity index (χ0v) is 17.8. The Morgan fingerprint density at radius 3 is 2.30 bits per heavy atom. The topological polar surface area (TPSA) is 163 Å². The minimum atomic E-state index is -4.09. The second kappa shape index (κ2) is 9.74. The molecule has 0 saturated carbocycles. The predicted octanol–water partition coefficient (Wildman–Crippen LogP) is 3.73. The zero-order chi connectivity index (χ0) is 24.0. The summed E-state index contributed by atoms with van der Waals surface area (Å²) >= 11 is 0. The molecule has 12 nitrogen and oxygen atoms in total. The van der Waals surface area contributed by atoms with E-state index in [-0.39, 0.29) is 16.3 Å². The molecule has 0 aliphatic rings. The monoisotopic (exact) mass is 472 g/mol. The lowest BCUT2D eigenvalue weighted by atomic mass is 10.2. The summed E-state index contributed by atoms with van der Waals surface area (Å²) in [6.45, 7) is 0.